The first kappa shape index (κ1) is 14.8. The number of carbonyl (C=O) groups excluding carboxylic acids is 1. The summed E-state index contributed by atoms with van der Waals surface area (Å²) in [5, 5.41) is 14.9. The molecule has 0 saturated carbocycles. The molecule has 0 spiro atoms. The van der Waals surface area contributed by atoms with Gasteiger partial charge in [-0.2, -0.15) is 0 Å². The van der Waals surface area contributed by atoms with Gasteiger partial charge in [-0.1, -0.05) is 13.8 Å². The summed E-state index contributed by atoms with van der Waals surface area (Å²) in [5.41, 5.74) is 0. The number of hydrogen-bond donors (Lipinski definition) is 3. The molecular formula is C12H23N3O3. The normalized spacial score (nSPS) is 18.3. The van der Waals surface area contributed by atoms with E-state index in [-0.39, 0.29) is 11.9 Å². The van der Waals surface area contributed by atoms with E-state index in [1.807, 2.05) is 13.8 Å². The minimum Gasteiger partial charge on any atom is -0.480 e. The lowest BCUT2D eigenvalue weighted by molar-refractivity contribution is -0.139. The fraction of sp³-hybridized carbons (Fsp3) is 0.833. The quantitative estimate of drug-likeness (QED) is 0.684. The van der Waals surface area contributed by atoms with E-state index in [9.17, 15) is 9.59 Å². The molecule has 1 rings (SSSR count). The largest absolute Gasteiger partial charge is 0.480 e. The second kappa shape index (κ2) is 7.20. The van der Waals surface area contributed by atoms with Crippen molar-refractivity contribution in [1.29, 1.82) is 0 Å². The molecule has 6 heteroatoms. The molecule has 0 aromatic heterocycles. The average Bonchev–Trinajstić information content (AvgIpc) is 2.55. The predicted octanol–water partition coefficient (Wildman–Crippen LogP) is 0.491. The van der Waals surface area contributed by atoms with Crippen molar-refractivity contribution < 1.29 is 14.7 Å². The zero-order valence-electron chi connectivity index (χ0n) is 11.1. The van der Waals surface area contributed by atoms with Gasteiger partial charge in [0.1, 0.15) is 6.04 Å². The third-order valence-electron chi connectivity index (χ3n) is 2.93. The van der Waals surface area contributed by atoms with E-state index in [2.05, 4.69) is 10.6 Å². The topological polar surface area (TPSA) is 81.7 Å². The van der Waals surface area contributed by atoms with Crippen LogP contribution in [-0.2, 0) is 4.79 Å². The molecule has 0 aliphatic carbocycles. The van der Waals surface area contributed by atoms with Crippen LogP contribution in [0.15, 0.2) is 0 Å². The Morgan fingerprint density at radius 3 is 2.67 bits per heavy atom. The second-order valence-electron chi connectivity index (χ2n) is 5.06. The Balaban J connectivity index is 2.51. The number of carboxylic acid groups (broad SMARTS) is 1. The molecule has 0 bridgehead atoms. The van der Waals surface area contributed by atoms with E-state index in [0.717, 1.165) is 19.5 Å². The standard InChI is InChI=1S/C12H23N3O3/c1-9(2)8-10(11(16)17)14-12(18)15-6-3-4-13-5-7-15/h9-10,13H,3-8H2,1-2H3,(H,14,18)(H,16,17)/t10-/m0/s1. The Bertz CT molecular complexity index is 286. The summed E-state index contributed by atoms with van der Waals surface area (Å²) in [6, 6.07) is -1.07. The first-order chi connectivity index (χ1) is 8.50. The van der Waals surface area contributed by atoms with Gasteiger partial charge in [-0.05, 0) is 25.3 Å². The molecule has 0 aromatic rings. The molecule has 1 aliphatic rings. The zero-order valence-corrected chi connectivity index (χ0v) is 11.1. The summed E-state index contributed by atoms with van der Waals surface area (Å²) in [4.78, 5) is 24.7. The van der Waals surface area contributed by atoms with Crippen molar-refractivity contribution in [2.24, 2.45) is 5.92 Å². The molecule has 1 heterocycles. The smallest absolute Gasteiger partial charge is 0.326 e. The minimum absolute atomic E-state index is 0.234. The summed E-state index contributed by atoms with van der Waals surface area (Å²) in [5.74, 6) is -0.734. The van der Waals surface area contributed by atoms with Gasteiger partial charge in [0.15, 0.2) is 0 Å². The van der Waals surface area contributed by atoms with E-state index >= 15 is 0 Å². The maximum Gasteiger partial charge on any atom is 0.326 e. The van der Waals surface area contributed by atoms with Gasteiger partial charge in [0.2, 0.25) is 0 Å². The Morgan fingerprint density at radius 2 is 2.06 bits per heavy atom. The van der Waals surface area contributed by atoms with Gasteiger partial charge in [0, 0.05) is 19.6 Å². The van der Waals surface area contributed by atoms with Crippen LogP contribution in [0.4, 0.5) is 4.79 Å². The lowest BCUT2D eigenvalue weighted by Gasteiger charge is -2.24. The van der Waals surface area contributed by atoms with Crippen LogP contribution < -0.4 is 10.6 Å². The van der Waals surface area contributed by atoms with Crippen LogP contribution in [0.5, 0.6) is 0 Å². The molecule has 2 amide bonds. The van der Waals surface area contributed by atoms with Crippen molar-refractivity contribution in [3.05, 3.63) is 0 Å². The van der Waals surface area contributed by atoms with E-state index in [4.69, 9.17) is 5.11 Å². The highest BCUT2D eigenvalue weighted by molar-refractivity contribution is 5.82. The van der Waals surface area contributed by atoms with Crippen LogP contribution >= 0.6 is 0 Å². The summed E-state index contributed by atoms with van der Waals surface area (Å²) in [7, 11) is 0. The van der Waals surface area contributed by atoms with E-state index < -0.39 is 12.0 Å². The molecule has 1 fully saturated rings. The van der Waals surface area contributed by atoms with Crippen LogP contribution in [0.3, 0.4) is 0 Å². The number of carboxylic acids is 1. The molecule has 6 nitrogen and oxygen atoms in total. The van der Waals surface area contributed by atoms with Gasteiger partial charge in [-0.3, -0.25) is 0 Å². The summed E-state index contributed by atoms with van der Waals surface area (Å²) < 4.78 is 0. The number of carbonyl (C=O) groups is 2. The van der Waals surface area contributed by atoms with Crippen LogP contribution in [0, 0.1) is 5.92 Å². The van der Waals surface area contributed by atoms with Gasteiger partial charge in [0.25, 0.3) is 0 Å². The van der Waals surface area contributed by atoms with E-state index in [1.165, 1.54) is 0 Å². The van der Waals surface area contributed by atoms with Crippen molar-refractivity contribution >= 4 is 12.0 Å². The first-order valence-corrected chi connectivity index (χ1v) is 6.49. The monoisotopic (exact) mass is 257 g/mol. The Labute approximate surface area is 108 Å². The second-order valence-corrected chi connectivity index (χ2v) is 5.06. The highest BCUT2D eigenvalue weighted by Gasteiger charge is 2.24. The Hall–Kier alpha value is -1.30. The summed E-state index contributed by atoms with van der Waals surface area (Å²) in [6.45, 7) is 6.84. The van der Waals surface area contributed by atoms with E-state index in [0.29, 0.717) is 19.5 Å². The number of hydrogen-bond acceptors (Lipinski definition) is 3. The number of urea groups is 1. The van der Waals surface area contributed by atoms with Gasteiger partial charge in [-0.25, -0.2) is 9.59 Å². The summed E-state index contributed by atoms with van der Waals surface area (Å²) >= 11 is 0. The van der Waals surface area contributed by atoms with Crippen molar-refractivity contribution in [2.45, 2.75) is 32.7 Å². The lowest BCUT2D eigenvalue weighted by Crippen LogP contribution is -2.49. The van der Waals surface area contributed by atoms with Crippen molar-refractivity contribution in [1.82, 2.24) is 15.5 Å². The van der Waals surface area contributed by atoms with Crippen LogP contribution in [0.2, 0.25) is 0 Å². The maximum absolute atomic E-state index is 12.0. The van der Waals surface area contributed by atoms with Crippen LogP contribution in [0.25, 0.3) is 0 Å². The third kappa shape index (κ3) is 4.91. The highest BCUT2D eigenvalue weighted by atomic mass is 16.4. The number of rotatable bonds is 4. The predicted molar refractivity (Wildman–Crippen MR) is 68.5 cm³/mol. The van der Waals surface area contributed by atoms with Crippen LogP contribution in [0.1, 0.15) is 26.7 Å². The molecule has 18 heavy (non-hydrogen) atoms. The zero-order chi connectivity index (χ0) is 13.5. The molecule has 1 saturated heterocycles. The fourth-order valence-electron chi connectivity index (χ4n) is 1.98. The Kier molecular flexibility index (Phi) is 5.91. The molecule has 0 aromatic carbocycles. The van der Waals surface area contributed by atoms with Gasteiger partial charge < -0.3 is 20.6 Å². The SMILES string of the molecule is CC(C)C[C@H](NC(=O)N1CCCNCC1)C(=O)O. The van der Waals surface area contributed by atoms with Gasteiger partial charge in [-0.15, -0.1) is 0 Å². The first-order valence-electron chi connectivity index (χ1n) is 6.49. The van der Waals surface area contributed by atoms with Crippen molar-refractivity contribution in [3.63, 3.8) is 0 Å². The fourth-order valence-corrected chi connectivity index (χ4v) is 1.98. The molecule has 0 unspecified atom stereocenters. The summed E-state index contributed by atoms with van der Waals surface area (Å²) in [6.07, 6.45) is 1.35. The maximum atomic E-state index is 12.0. The lowest BCUT2D eigenvalue weighted by atomic mass is 10.0. The molecule has 104 valence electrons. The highest BCUT2D eigenvalue weighted by Crippen LogP contribution is 2.06. The molecule has 3 N–H and O–H groups in total. The molecule has 1 aliphatic heterocycles. The number of nitrogens with one attached hydrogen (secondary N) is 2. The Morgan fingerprint density at radius 1 is 1.33 bits per heavy atom. The molecule has 1 atom stereocenters. The molecular weight excluding hydrogens is 234 g/mol. The van der Waals surface area contributed by atoms with Crippen molar-refractivity contribution in [3.8, 4) is 0 Å². The average molecular weight is 257 g/mol. The molecule has 0 radical (unpaired) electrons. The minimum atomic E-state index is -0.968. The van der Waals surface area contributed by atoms with Gasteiger partial charge >= 0.3 is 12.0 Å². The third-order valence-corrected chi connectivity index (χ3v) is 2.93. The number of amides is 2. The number of aliphatic carboxylic acids is 1. The van der Waals surface area contributed by atoms with E-state index in [1.54, 1.807) is 4.90 Å². The van der Waals surface area contributed by atoms with Gasteiger partial charge in [0.05, 0.1) is 0 Å². The van der Waals surface area contributed by atoms with Crippen molar-refractivity contribution in [2.75, 3.05) is 26.2 Å². The number of nitrogens with zero attached hydrogens (tertiary/aromatic N) is 1. The van der Waals surface area contributed by atoms with Crippen LogP contribution in [-0.4, -0.2) is 54.2 Å².